The fourth-order valence-corrected chi connectivity index (χ4v) is 1.93. The number of carbonyl (C=O) groups excluding carboxylic acids is 1. The lowest BCUT2D eigenvalue weighted by atomic mass is 10.2. The predicted molar refractivity (Wildman–Crippen MR) is 72.8 cm³/mol. The monoisotopic (exact) mass is 293 g/mol. The van der Waals surface area contributed by atoms with Crippen molar-refractivity contribution in [2.75, 3.05) is 6.61 Å². The van der Waals surface area contributed by atoms with Crippen LogP contribution >= 0.6 is 0 Å². The van der Waals surface area contributed by atoms with E-state index in [2.05, 4.69) is 20.5 Å². The first-order valence-electron chi connectivity index (χ1n) is 7.10. The molecule has 0 bridgehead atoms. The fraction of sp³-hybridized carbons (Fsp3) is 0.615. The third-order valence-corrected chi connectivity index (χ3v) is 2.90. The molecule has 0 unspecified atom stereocenters. The van der Waals surface area contributed by atoms with Gasteiger partial charge in [-0.1, -0.05) is 30.6 Å². The zero-order chi connectivity index (χ0) is 15.2. The number of hydrogen-bond donors (Lipinski definition) is 0. The summed E-state index contributed by atoms with van der Waals surface area (Å²) in [5, 5.41) is 11.8. The molecular formula is C13H19N5O3. The lowest BCUT2D eigenvalue weighted by molar-refractivity contribution is 0.0518. The Balaban J connectivity index is 2.24. The van der Waals surface area contributed by atoms with Crippen molar-refractivity contribution in [3.05, 3.63) is 23.1 Å². The Morgan fingerprint density at radius 1 is 1.33 bits per heavy atom. The minimum atomic E-state index is -0.452. The maximum atomic E-state index is 11.9. The van der Waals surface area contributed by atoms with Gasteiger partial charge in [0.2, 0.25) is 5.89 Å². The first-order chi connectivity index (χ1) is 10.2. The lowest BCUT2D eigenvalue weighted by Gasteiger charge is -2.04. The standard InChI is InChI=1S/C13H19N5O3/c1-4-7-9-12(13(19)20-6-3)15-17-18(9)8-11-14-10(5-2)16-21-11/h4-8H2,1-3H3. The molecule has 0 atom stereocenters. The van der Waals surface area contributed by atoms with E-state index in [1.807, 2.05) is 13.8 Å². The van der Waals surface area contributed by atoms with Crippen LogP contribution in [0.2, 0.25) is 0 Å². The van der Waals surface area contributed by atoms with Gasteiger partial charge in [0.1, 0.15) is 6.54 Å². The van der Waals surface area contributed by atoms with Crippen LogP contribution in [0.3, 0.4) is 0 Å². The molecule has 2 heterocycles. The normalized spacial score (nSPS) is 10.8. The second-order valence-electron chi connectivity index (χ2n) is 4.47. The van der Waals surface area contributed by atoms with Crippen LogP contribution in [0.15, 0.2) is 4.52 Å². The minimum absolute atomic E-state index is 0.258. The fourth-order valence-electron chi connectivity index (χ4n) is 1.93. The van der Waals surface area contributed by atoms with E-state index in [0.717, 1.165) is 12.1 Å². The molecule has 2 aromatic heterocycles. The Labute approximate surface area is 122 Å². The molecule has 114 valence electrons. The first-order valence-corrected chi connectivity index (χ1v) is 7.10. The molecule has 0 amide bonds. The molecular weight excluding hydrogens is 274 g/mol. The Bertz CT molecular complexity index is 605. The van der Waals surface area contributed by atoms with Crippen molar-refractivity contribution in [3.63, 3.8) is 0 Å². The number of aromatic nitrogens is 5. The van der Waals surface area contributed by atoms with Crippen molar-refractivity contribution in [1.29, 1.82) is 0 Å². The average Bonchev–Trinajstić information content (AvgIpc) is 3.08. The molecule has 21 heavy (non-hydrogen) atoms. The van der Waals surface area contributed by atoms with E-state index in [-0.39, 0.29) is 5.69 Å². The van der Waals surface area contributed by atoms with Crippen LogP contribution in [0, 0.1) is 0 Å². The van der Waals surface area contributed by atoms with Gasteiger partial charge in [-0.25, -0.2) is 9.48 Å². The summed E-state index contributed by atoms with van der Waals surface area (Å²) in [6.45, 7) is 6.33. The van der Waals surface area contributed by atoms with E-state index >= 15 is 0 Å². The second kappa shape index (κ2) is 6.96. The molecule has 0 radical (unpaired) electrons. The van der Waals surface area contributed by atoms with E-state index in [4.69, 9.17) is 9.26 Å². The molecule has 0 N–H and O–H groups in total. The molecule has 0 aliphatic heterocycles. The summed E-state index contributed by atoms with van der Waals surface area (Å²) >= 11 is 0. The van der Waals surface area contributed by atoms with Gasteiger partial charge in [0, 0.05) is 6.42 Å². The number of ether oxygens (including phenoxy) is 1. The summed E-state index contributed by atoms with van der Waals surface area (Å²) in [6, 6.07) is 0. The van der Waals surface area contributed by atoms with Crippen LogP contribution in [0.5, 0.6) is 0 Å². The van der Waals surface area contributed by atoms with Crippen molar-refractivity contribution in [2.45, 2.75) is 46.6 Å². The van der Waals surface area contributed by atoms with Crippen LogP contribution in [-0.2, 0) is 24.1 Å². The number of hydrogen-bond acceptors (Lipinski definition) is 7. The van der Waals surface area contributed by atoms with Crippen LogP contribution in [0.1, 0.15) is 55.1 Å². The predicted octanol–water partition coefficient (Wildman–Crippen LogP) is 1.40. The van der Waals surface area contributed by atoms with Gasteiger partial charge in [0.25, 0.3) is 0 Å². The molecule has 8 heteroatoms. The average molecular weight is 293 g/mol. The highest BCUT2D eigenvalue weighted by Gasteiger charge is 2.21. The summed E-state index contributed by atoms with van der Waals surface area (Å²) in [7, 11) is 0. The molecule has 0 aliphatic rings. The highest BCUT2D eigenvalue weighted by atomic mass is 16.5. The van der Waals surface area contributed by atoms with Crippen LogP contribution in [0.25, 0.3) is 0 Å². The quantitative estimate of drug-likeness (QED) is 0.712. The first kappa shape index (κ1) is 15.1. The maximum Gasteiger partial charge on any atom is 0.360 e. The maximum absolute atomic E-state index is 11.9. The smallest absolute Gasteiger partial charge is 0.360 e. The van der Waals surface area contributed by atoms with Gasteiger partial charge >= 0.3 is 5.97 Å². The van der Waals surface area contributed by atoms with Gasteiger partial charge in [-0.15, -0.1) is 5.10 Å². The molecule has 0 fully saturated rings. The van der Waals surface area contributed by atoms with E-state index in [9.17, 15) is 4.79 Å². The van der Waals surface area contributed by atoms with Gasteiger partial charge in [0.05, 0.1) is 12.3 Å². The Morgan fingerprint density at radius 2 is 2.14 bits per heavy atom. The Hall–Kier alpha value is -2.25. The number of carbonyl (C=O) groups is 1. The summed E-state index contributed by atoms with van der Waals surface area (Å²) < 4.78 is 11.8. The van der Waals surface area contributed by atoms with Crippen molar-refractivity contribution >= 4 is 5.97 Å². The summed E-state index contributed by atoms with van der Waals surface area (Å²) in [5.41, 5.74) is 0.987. The van der Waals surface area contributed by atoms with Crippen molar-refractivity contribution in [1.82, 2.24) is 25.1 Å². The van der Waals surface area contributed by atoms with Crippen molar-refractivity contribution in [2.24, 2.45) is 0 Å². The van der Waals surface area contributed by atoms with Crippen molar-refractivity contribution < 1.29 is 14.1 Å². The molecule has 0 aromatic carbocycles. The molecule has 0 aliphatic carbocycles. The zero-order valence-corrected chi connectivity index (χ0v) is 12.5. The number of rotatable bonds is 7. The van der Waals surface area contributed by atoms with Crippen LogP contribution in [0.4, 0.5) is 0 Å². The molecule has 2 rings (SSSR count). The molecule has 2 aromatic rings. The SMILES string of the molecule is CCCc1c(C(=O)OCC)nnn1Cc1nc(CC)no1. The molecule has 8 nitrogen and oxygen atoms in total. The van der Waals surface area contributed by atoms with Gasteiger partial charge in [-0.05, 0) is 13.3 Å². The number of esters is 1. The third kappa shape index (κ3) is 3.45. The number of aryl methyl sites for hydroxylation is 1. The van der Waals surface area contributed by atoms with Crippen LogP contribution in [-0.4, -0.2) is 37.7 Å². The highest BCUT2D eigenvalue weighted by molar-refractivity contribution is 5.88. The van der Waals surface area contributed by atoms with Gasteiger partial charge in [0.15, 0.2) is 11.5 Å². The van der Waals surface area contributed by atoms with Crippen molar-refractivity contribution in [3.8, 4) is 0 Å². The largest absolute Gasteiger partial charge is 0.461 e. The van der Waals surface area contributed by atoms with E-state index in [1.54, 1.807) is 11.6 Å². The molecule has 0 spiro atoms. The third-order valence-electron chi connectivity index (χ3n) is 2.90. The topological polar surface area (TPSA) is 95.9 Å². The van der Waals surface area contributed by atoms with Gasteiger partial charge < -0.3 is 9.26 Å². The summed E-state index contributed by atoms with van der Waals surface area (Å²) in [4.78, 5) is 16.1. The van der Waals surface area contributed by atoms with Crippen LogP contribution < -0.4 is 0 Å². The van der Waals surface area contributed by atoms with E-state index < -0.39 is 5.97 Å². The molecule has 0 saturated carbocycles. The summed E-state index contributed by atoms with van der Waals surface area (Å²) in [5.74, 6) is 0.643. The zero-order valence-electron chi connectivity index (χ0n) is 12.5. The van der Waals surface area contributed by atoms with Gasteiger partial charge in [-0.3, -0.25) is 0 Å². The second-order valence-corrected chi connectivity index (χ2v) is 4.47. The number of nitrogens with zero attached hydrogens (tertiary/aromatic N) is 5. The highest BCUT2D eigenvalue weighted by Crippen LogP contribution is 2.12. The summed E-state index contributed by atoms with van der Waals surface area (Å²) in [6.07, 6.45) is 2.25. The lowest BCUT2D eigenvalue weighted by Crippen LogP contribution is -2.11. The molecule has 0 saturated heterocycles. The minimum Gasteiger partial charge on any atom is -0.461 e. The van der Waals surface area contributed by atoms with E-state index in [1.165, 1.54) is 0 Å². The Kier molecular flexibility index (Phi) is 5.02. The van der Waals surface area contributed by atoms with Gasteiger partial charge in [-0.2, -0.15) is 4.98 Å². The Morgan fingerprint density at radius 3 is 2.76 bits per heavy atom. The van der Waals surface area contributed by atoms with E-state index in [0.29, 0.717) is 37.7 Å².